The van der Waals surface area contributed by atoms with Crippen LogP contribution < -0.4 is 4.90 Å². The van der Waals surface area contributed by atoms with E-state index in [4.69, 9.17) is 4.42 Å². The smallest absolute Gasteiger partial charge is 0.136 e. The van der Waals surface area contributed by atoms with Gasteiger partial charge in [-0.05, 0) is 127 Å². The molecule has 0 amide bonds. The summed E-state index contributed by atoms with van der Waals surface area (Å²) in [5.41, 5.74) is 17.0. The molecule has 2 heteroatoms. The van der Waals surface area contributed by atoms with Crippen LogP contribution in [-0.4, -0.2) is 0 Å². The number of benzene rings is 10. The number of anilines is 3. The van der Waals surface area contributed by atoms with Gasteiger partial charge in [-0.3, -0.25) is 0 Å². The summed E-state index contributed by atoms with van der Waals surface area (Å²) >= 11 is 0. The third kappa shape index (κ3) is 6.61. The molecule has 0 radical (unpaired) electrons. The minimum absolute atomic E-state index is 0.902. The van der Waals surface area contributed by atoms with Crippen LogP contribution in [0.2, 0.25) is 0 Å². The molecule has 11 aromatic rings. The summed E-state index contributed by atoms with van der Waals surface area (Å²) in [6.45, 7) is 0. The molecule has 2 nitrogen and oxygen atoms in total. The van der Waals surface area contributed by atoms with E-state index >= 15 is 0 Å². The summed E-state index contributed by atoms with van der Waals surface area (Å²) in [6.07, 6.45) is 0. The van der Waals surface area contributed by atoms with Crippen molar-refractivity contribution in [1.29, 1.82) is 0 Å². The van der Waals surface area contributed by atoms with Crippen molar-refractivity contribution in [2.24, 2.45) is 0 Å². The van der Waals surface area contributed by atoms with Gasteiger partial charge < -0.3 is 9.32 Å². The lowest BCUT2D eigenvalue weighted by Crippen LogP contribution is -2.09. The average Bonchev–Trinajstić information content (AvgIpc) is 3.72. The fourth-order valence-electron chi connectivity index (χ4n) is 8.59. The van der Waals surface area contributed by atoms with E-state index in [0.29, 0.717) is 0 Å². The van der Waals surface area contributed by atoms with E-state index in [-0.39, 0.29) is 0 Å². The van der Waals surface area contributed by atoms with Crippen molar-refractivity contribution in [2.45, 2.75) is 0 Å². The maximum atomic E-state index is 6.22. The lowest BCUT2D eigenvalue weighted by Gasteiger charge is -2.26. The quantitative estimate of drug-likeness (QED) is 0.153. The Bertz CT molecular complexity index is 3270. The molecule has 0 unspecified atom stereocenters. The lowest BCUT2D eigenvalue weighted by molar-refractivity contribution is 0.669. The van der Waals surface area contributed by atoms with Crippen LogP contribution in [0.25, 0.3) is 88.3 Å². The molecule has 1 aromatic heterocycles. The molecule has 0 spiro atoms. The Balaban J connectivity index is 0.904. The molecular weight excluding hydrogens is 727 g/mol. The zero-order valence-corrected chi connectivity index (χ0v) is 32.9. The third-order valence-corrected chi connectivity index (χ3v) is 11.7. The second-order valence-corrected chi connectivity index (χ2v) is 15.3. The highest BCUT2D eigenvalue weighted by Gasteiger charge is 2.16. The molecule has 0 N–H and O–H groups in total. The molecule has 0 saturated carbocycles. The van der Waals surface area contributed by atoms with E-state index in [1.54, 1.807) is 0 Å². The van der Waals surface area contributed by atoms with Gasteiger partial charge >= 0.3 is 0 Å². The van der Waals surface area contributed by atoms with Crippen LogP contribution in [0, 0.1) is 0 Å². The summed E-state index contributed by atoms with van der Waals surface area (Å²) in [6, 6.07) is 84.8. The first-order chi connectivity index (χ1) is 29.7. The zero-order chi connectivity index (χ0) is 39.8. The van der Waals surface area contributed by atoms with Gasteiger partial charge in [-0.15, -0.1) is 0 Å². The molecule has 282 valence electrons. The standard InChI is InChI=1S/C58H39NO/c1-2-10-40(11-3-1)43-26-32-51(33-27-43)59(53-36-30-46(31-37-53)54-17-9-19-57-58(54)55-16-6-7-18-56(55)60-57)52-34-28-44(29-35-52)42-20-22-45(23-21-42)48-14-8-15-49(38-48)50-25-24-41-12-4-5-13-47(41)39-50/h1-39H. The van der Waals surface area contributed by atoms with Crippen molar-refractivity contribution in [2.75, 3.05) is 4.90 Å². The number of hydrogen-bond donors (Lipinski definition) is 0. The number of fused-ring (bicyclic) bond motifs is 4. The summed E-state index contributed by atoms with van der Waals surface area (Å²) in [5.74, 6) is 0. The maximum Gasteiger partial charge on any atom is 0.136 e. The van der Waals surface area contributed by atoms with Crippen LogP contribution in [0.5, 0.6) is 0 Å². The van der Waals surface area contributed by atoms with Crippen molar-refractivity contribution >= 4 is 49.8 Å². The van der Waals surface area contributed by atoms with E-state index in [1.165, 1.54) is 55.3 Å². The first kappa shape index (κ1) is 35.2. The summed E-state index contributed by atoms with van der Waals surface area (Å²) in [5, 5.41) is 4.79. The van der Waals surface area contributed by atoms with Crippen LogP contribution >= 0.6 is 0 Å². The van der Waals surface area contributed by atoms with Crippen molar-refractivity contribution in [3.8, 4) is 55.6 Å². The summed E-state index contributed by atoms with van der Waals surface area (Å²) < 4.78 is 6.22. The predicted octanol–water partition coefficient (Wildman–Crippen LogP) is 16.5. The van der Waals surface area contributed by atoms with Crippen LogP contribution in [0.15, 0.2) is 241 Å². The van der Waals surface area contributed by atoms with Crippen molar-refractivity contribution in [3.63, 3.8) is 0 Å². The number of furan rings is 1. The predicted molar refractivity (Wildman–Crippen MR) is 253 cm³/mol. The third-order valence-electron chi connectivity index (χ3n) is 11.7. The van der Waals surface area contributed by atoms with Crippen LogP contribution in [0.3, 0.4) is 0 Å². The molecule has 0 aliphatic carbocycles. The highest BCUT2D eigenvalue weighted by Crippen LogP contribution is 2.41. The fraction of sp³-hybridized carbons (Fsp3) is 0. The fourth-order valence-corrected chi connectivity index (χ4v) is 8.59. The van der Waals surface area contributed by atoms with Gasteiger partial charge in [0.15, 0.2) is 0 Å². The largest absolute Gasteiger partial charge is 0.456 e. The van der Waals surface area contributed by atoms with E-state index in [9.17, 15) is 0 Å². The Hall–Kier alpha value is -7.94. The van der Waals surface area contributed by atoms with Crippen LogP contribution in [0.1, 0.15) is 0 Å². The van der Waals surface area contributed by atoms with Gasteiger partial charge in [0.2, 0.25) is 0 Å². The number of hydrogen-bond acceptors (Lipinski definition) is 2. The number of para-hydroxylation sites is 1. The van der Waals surface area contributed by atoms with Crippen molar-refractivity contribution < 1.29 is 4.42 Å². The van der Waals surface area contributed by atoms with Gasteiger partial charge in [-0.2, -0.15) is 0 Å². The highest BCUT2D eigenvalue weighted by molar-refractivity contribution is 6.12. The van der Waals surface area contributed by atoms with E-state index in [1.807, 2.05) is 12.1 Å². The SMILES string of the molecule is c1ccc(-c2ccc(N(c3ccc(-c4ccc(-c5cccc(-c6ccc7ccccc7c6)c5)cc4)cc3)c3ccc(-c4cccc5oc6ccccc6c45)cc3)cc2)cc1. The van der Waals surface area contributed by atoms with E-state index < -0.39 is 0 Å². The molecule has 0 atom stereocenters. The lowest BCUT2D eigenvalue weighted by atomic mass is 9.96. The van der Waals surface area contributed by atoms with Gasteiger partial charge in [0.1, 0.15) is 11.2 Å². The minimum atomic E-state index is 0.902. The molecule has 11 rings (SSSR count). The molecule has 0 saturated heterocycles. The molecule has 10 aromatic carbocycles. The Morgan fingerprint density at radius 3 is 1.37 bits per heavy atom. The van der Waals surface area contributed by atoms with Gasteiger partial charge in [0.05, 0.1) is 0 Å². The highest BCUT2D eigenvalue weighted by atomic mass is 16.3. The molecule has 0 aliphatic rings. The molecule has 0 aliphatic heterocycles. The summed E-state index contributed by atoms with van der Waals surface area (Å²) in [4.78, 5) is 2.34. The minimum Gasteiger partial charge on any atom is -0.456 e. The monoisotopic (exact) mass is 765 g/mol. The number of nitrogens with zero attached hydrogens (tertiary/aromatic N) is 1. The topological polar surface area (TPSA) is 16.4 Å². The normalized spacial score (nSPS) is 11.3. The Kier molecular flexibility index (Phi) is 8.87. The molecular formula is C58H39NO. The van der Waals surface area contributed by atoms with Gasteiger partial charge in [0, 0.05) is 27.8 Å². The Labute approximate surface area is 349 Å². The van der Waals surface area contributed by atoms with Crippen molar-refractivity contribution in [1.82, 2.24) is 0 Å². The van der Waals surface area contributed by atoms with Crippen molar-refractivity contribution in [3.05, 3.63) is 237 Å². The second-order valence-electron chi connectivity index (χ2n) is 15.3. The van der Waals surface area contributed by atoms with Crippen LogP contribution in [0.4, 0.5) is 17.1 Å². The van der Waals surface area contributed by atoms with Gasteiger partial charge in [-0.25, -0.2) is 0 Å². The first-order valence-corrected chi connectivity index (χ1v) is 20.5. The summed E-state index contributed by atoms with van der Waals surface area (Å²) in [7, 11) is 0. The van der Waals surface area contributed by atoms with Gasteiger partial charge in [0.25, 0.3) is 0 Å². The second kappa shape index (κ2) is 15.1. The Morgan fingerprint density at radius 2 is 0.700 bits per heavy atom. The molecule has 0 fully saturated rings. The Morgan fingerprint density at radius 1 is 0.267 bits per heavy atom. The zero-order valence-electron chi connectivity index (χ0n) is 32.9. The van der Waals surface area contributed by atoms with Gasteiger partial charge in [-0.1, -0.05) is 176 Å². The molecule has 1 heterocycles. The average molecular weight is 766 g/mol. The number of rotatable bonds is 8. The molecule has 0 bridgehead atoms. The first-order valence-electron chi connectivity index (χ1n) is 20.5. The van der Waals surface area contributed by atoms with E-state index in [2.05, 4.69) is 229 Å². The molecule has 60 heavy (non-hydrogen) atoms. The maximum absolute atomic E-state index is 6.22. The van der Waals surface area contributed by atoms with E-state index in [0.717, 1.165) is 50.1 Å². The van der Waals surface area contributed by atoms with Crippen LogP contribution in [-0.2, 0) is 0 Å².